The number of fused-ring (bicyclic) bond motifs is 2. The van der Waals surface area contributed by atoms with Crippen LogP contribution in [-0.4, -0.2) is 164 Å². The fraction of sp³-hybridized carbons (Fsp3) is 0.565. The van der Waals surface area contributed by atoms with Gasteiger partial charge in [-0.3, -0.25) is 9.35 Å². The molecule has 2 aliphatic rings. The molecule has 2 aliphatic heterocycles. The third-order valence-electron chi connectivity index (χ3n) is 12.1. The van der Waals surface area contributed by atoms with Crippen LogP contribution in [0.25, 0.3) is 0 Å². The topological polar surface area (TPSA) is 316 Å². The highest BCUT2D eigenvalue weighted by Crippen LogP contribution is 2.51. The van der Waals surface area contributed by atoms with E-state index in [9.17, 15) is 61.8 Å². The number of carboxylic acid groups (broad SMARTS) is 1. The molecule has 4 rings (SSSR count). The van der Waals surface area contributed by atoms with Crippen molar-refractivity contribution in [1.29, 1.82) is 0 Å². The fourth-order valence-electron chi connectivity index (χ4n) is 8.65. The van der Waals surface area contributed by atoms with Gasteiger partial charge in [-0.1, -0.05) is 24.6 Å². The molecule has 2 N–H and O–H groups in total. The van der Waals surface area contributed by atoms with E-state index < -0.39 is 78.6 Å². The molecule has 2 aromatic carbocycles. The Morgan fingerprint density at radius 2 is 1.25 bits per heavy atom. The summed E-state index contributed by atoms with van der Waals surface area (Å²) in [5.74, 6) is -2.29. The average Bonchev–Trinajstić information content (AvgIpc) is 3.64. The Labute approximate surface area is 417 Å². The molecule has 0 saturated carbocycles. The number of anilines is 1. The molecule has 0 radical (unpaired) electrons. The van der Waals surface area contributed by atoms with E-state index in [0.29, 0.717) is 106 Å². The second kappa shape index (κ2) is 26.8. The number of methoxy groups -OCH3 is 1. The maximum Gasteiger partial charge on any atom is 0.303 e. The molecular formula is C46H64N2O19S4-2. The van der Waals surface area contributed by atoms with Gasteiger partial charge in [0.25, 0.3) is 10.1 Å². The van der Waals surface area contributed by atoms with E-state index >= 15 is 0 Å². The third kappa shape index (κ3) is 18.2. The van der Waals surface area contributed by atoms with Crippen molar-refractivity contribution in [2.75, 3.05) is 96.1 Å². The van der Waals surface area contributed by atoms with E-state index in [-0.39, 0.29) is 52.0 Å². The van der Waals surface area contributed by atoms with E-state index in [2.05, 4.69) is 0 Å². The number of allylic oxidation sites excluding steroid dienone is 6. The number of ether oxygens (including phenoxy) is 5. The van der Waals surface area contributed by atoms with Gasteiger partial charge in [-0.25, -0.2) is 25.3 Å². The van der Waals surface area contributed by atoms with Gasteiger partial charge >= 0.3 is 5.97 Å². The molecular weight excluding hydrogens is 1010 g/mol. The Morgan fingerprint density at radius 3 is 1.82 bits per heavy atom. The Balaban J connectivity index is 1.69. The molecule has 71 heavy (non-hydrogen) atoms. The van der Waals surface area contributed by atoms with E-state index in [1.54, 1.807) is 55.1 Å². The minimum atomic E-state index is -4.96. The minimum absolute atomic E-state index is 0.0142. The van der Waals surface area contributed by atoms with Gasteiger partial charge in [0.15, 0.2) is 5.71 Å². The summed E-state index contributed by atoms with van der Waals surface area (Å²) < 4.78 is 171. The van der Waals surface area contributed by atoms with Crippen LogP contribution >= 0.6 is 0 Å². The highest BCUT2D eigenvalue weighted by molar-refractivity contribution is 7.86. The van der Waals surface area contributed by atoms with Crippen molar-refractivity contribution in [1.82, 2.24) is 0 Å². The van der Waals surface area contributed by atoms with Crippen LogP contribution in [0.1, 0.15) is 76.3 Å². The molecule has 398 valence electrons. The molecule has 0 aliphatic carbocycles. The lowest BCUT2D eigenvalue weighted by atomic mass is 9.76. The van der Waals surface area contributed by atoms with Crippen molar-refractivity contribution in [2.45, 2.75) is 85.8 Å². The third-order valence-corrected chi connectivity index (χ3v) is 15.4. The molecule has 2 aromatic rings. The Morgan fingerprint density at radius 1 is 0.676 bits per heavy atom. The van der Waals surface area contributed by atoms with Crippen molar-refractivity contribution >= 4 is 63.5 Å². The second-order valence-corrected chi connectivity index (χ2v) is 23.2. The molecule has 25 heteroatoms. The van der Waals surface area contributed by atoms with Crippen LogP contribution in [-0.2, 0) is 79.8 Å². The summed E-state index contributed by atoms with van der Waals surface area (Å²) in [7, 11) is -17.3. The van der Waals surface area contributed by atoms with Crippen LogP contribution in [0.2, 0.25) is 0 Å². The molecule has 2 unspecified atom stereocenters. The zero-order valence-corrected chi connectivity index (χ0v) is 43.3. The largest absolute Gasteiger partial charge is 0.748 e. The van der Waals surface area contributed by atoms with Crippen LogP contribution in [0.5, 0.6) is 0 Å². The second-order valence-electron chi connectivity index (χ2n) is 17.3. The van der Waals surface area contributed by atoms with Gasteiger partial charge < -0.3 is 47.3 Å². The highest BCUT2D eigenvalue weighted by Gasteiger charge is 2.48. The van der Waals surface area contributed by atoms with Gasteiger partial charge in [0, 0.05) is 73.4 Å². The first-order valence-corrected chi connectivity index (χ1v) is 28.9. The van der Waals surface area contributed by atoms with Crippen LogP contribution in [0.15, 0.2) is 82.3 Å². The maximum absolute atomic E-state index is 12.3. The molecule has 0 saturated heterocycles. The lowest BCUT2D eigenvalue weighted by Crippen LogP contribution is -2.32. The van der Waals surface area contributed by atoms with Gasteiger partial charge in [-0.15, -0.1) is 0 Å². The number of rotatable bonds is 34. The molecule has 21 nitrogen and oxygen atoms in total. The number of aliphatic carboxylic acids is 1. The SMILES string of the molecule is COCCOCCOCCOCCOCCC1(C)C(=CC=CC=CC2=[N+](CCCS(=O)(=O)O)c3ccc(S(=O)(=O)[O-])cc3C2(C)CCCS(=O)(=O)[O-])N(CCCCCC(=O)O)c2ccc(S(=O)(=O)[O-])cc21. The predicted octanol–water partition coefficient (Wildman–Crippen LogP) is 3.98. The zero-order valence-electron chi connectivity index (χ0n) is 40.1. The van der Waals surface area contributed by atoms with Crippen LogP contribution in [0.4, 0.5) is 11.4 Å². The van der Waals surface area contributed by atoms with Gasteiger partial charge in [-0.2, -0.15) is 13.0 Å². The van der Waals surface area contributed by atoms with E-state index in [4.69, 9.17) is 23.7 Å². The summed E-state index contributed by atoms with van der Waals surface area (Å²) in [4.78, 5) is 12.2. The molecule has 2 heterocycles. The van der Waals surface area contributed by atoms with Crippen molar-refractivity contribution in [2.24, 2.45) is 0 Å². The first-order chi connectivity index (χ1) is 33.3. The van der Waals surface area contributed by atoms with Crippen molar-refractivity contribution in [3.63, 3.8) is 0 Å². The number of unbranched alkanes of at least 4 members (excludes halogenated alkanes) is 2. The summed E-state index contributed by atoms with van der Waals surface area (Å²) in [6.45, 7) is 7.06. The quantitative estimate of drug-likeness (QED) is 0.0433. The van der Waals surface area contributed by atoms with Gasteiger partial charge in [-0.05, 0) is 87.9 Å². The number of carbonyl (C=O) groups is 1. The summed E-state index contributed by atoms with van der Waals surface area (Å²) in [5, 5.41) is 9.21. The fourth-order valence-corrected chi connectivity index (χ4v) is 10.6. The molecule has 2 atom stereocenters. The number of carboxylic acids is 1. The first-order valence-electron chi connectivity index (χ1n) is 22.9. The Kier molecular flexibility index (Phi) is 22.5. The first kappa shape index (κ1) is 59.6. The van der Waals surface area contributed by atoms with Gasteiger partial charge in [0.2, 0.25) is 5.69 Å². The molecule has 0 amide bonds. The molecule has 0 spiro atoms. The van der Waals surface area contributed by atoms with Crippen LogP contribution < -0.4 is 4.90 Å². The number of hydrogen-bond acceptors (Lipinski definition) is 18. The average molecular weight is 1080 g/mol. The van der Waals surface area contributed by atoms with Crippen molar-refractivity contribution in [3.05, 3.63) is 83.6 Å². The number of hydrogen-bond donors (Lipinski definition) is 2. The van der Waals surface area contributed by atoms with Crippen LogP contribution in [0, 0.1) is 0 Å². The Hall–Kier alpha value is -3.96. The smallest absolute Gasteiger partial charge is 0.303 e. The van der Waals surface area contributed by atoms with E-state index in [1.165, 1.54) is 24.3 Å². The summed E-state index contributed by atoms with van der Waals surface area (Å²) in [6.07, 6.45) is 10.0. The zero-order chi connectivity index (χ0) is 52.5. The van der Waals surface area contributed by atoms with Crippen molar-refractivity contribution < 1.29 is 90.0 Å². The lowest BCUT2D eigenvalue weighted by Gasteiger charge is -2.30. The van der Waals surface area contributed by atoms with Crippen molar-refractivity contribution in [3.8, 4) is 0 Å². The minimum Gasteiger partial charge on any atom is -0.748 e. The van der Waals surface area contributed by atoms with E-state index in [1.807, 2.05) is 11.8 Å². The number of benzene rings is 2. The van der Waals surface area contributed by atoms with Gasteiger partial charge in [0.1, 0.15) is 26.8 Å². The van der Waals surface area contributed by atoms with Gasteiger partial charge in [0.05, 0.1) is 83.9 Å². The molecule has 0 aromatic heterocycles. The summed E-state index contributed by atoms with van der Waals surface area (Å²) >= 11 is 0. The summed E-state index contributed by atoms with van der Waals surface area (Å²) in [5.41, 5.74) is 0.855. The van der Waals surface area contributed by atoms with E-state index in [0.717, 1.165) is 6.07 Å². The predicted molar refractivity (Wildman–Crippen MR) is 258 cm³/mol. The molecule has 0 fully saturated rings. The summed E-state index contributed by atoms with van der Waals surface area (Å²) in [6, 6.07) is 7.82. The normalized spacial score (nSPS) is 19.2. The standard InChI is InChI=1S/C46H66N2O19S4/c1-45(19-10-32-68(51,52)53)38-34-36(70(57,58)59)15-17-40(38)48(22-11-33-69(54,55)56)42(45)12-6-4-7-13-43-46(2,20-23-64-26-27-66-30-31-67-29-28-65-25-24-63-3)39-35-37(71(60,61)62)16-18-41(39)47(43)21-9-5-8-14-44(49)50/h4,6-7,12-13,15-18,34-35H,5,8-11,14,19-33H2,1-3H3,(H4-,49,50,51,52,53,54,55,56,57,58,59,60,61,62)/p-2. The number of nitrogens with zero attached hydrogens (tertiary/aromatic N) is 2. The monoisotopic (exact) mass is 1080 g/mol. The van der Waals surface area contributed by atoms with Crippen LogP contribution in [0.3, 0.4) is 0 Å². The highest BCUT2D eigenvalue weighted by atomic mass is 32.2. The lowest BCUT2D eigenvalue weighted by molar-refractivity contribution is -0.437. The molecule has 0 bridgehead atoms. The maximum atomic E-state index is 12.3. The Bertz CT molecular complexity index is 2720.